The van der Waals surface area contributed by atoms with Gasteiger partial charge >= 0.3 is 0 Å². The Morgan fingerprint density at radius 1 is 1.44 bits per heavy atom. The molecule has 0 saturated carbocycles. The highest BCUT2D eigenvalue weighted by molar-refractivity contribution is 9.10. The van der Waals surface area contributed by atoms with Crippen LogP contribution in [0, 0.1) is 0 Å². The van der Waals surface area contributed by atoms with Gasteiger partial charge in [-0.2, -0.15) is 0 Å². The Bertz CT molecular complexity index is 626. The fourth-order valence-corrected chi connectivity index (χ4v) is 4.05. The minimum atomic E-state index is -0.733. The van der Waals surface area contributed by atoms with Gasteiger partial charge in [0.25, 0.3) is 0 Å². The maximum Gasteiger partial charge on any atom is 0.198 e. The molecule has 2 heterocycles. The van der Waals surface area contributed by atoms with Crippen molar-refractivity contribution in [3.8, 4) is 0 Å². The van der Waals surface area contributed by atoms with E-state index in [2.05, 4.69) is 20.9 Å². The van der Waals surface area contributed by atoms with Crippen LogP contribution in [-0.2, 0) is 11.2 Å². The third-order valence-corrected chi connectivity index (χ3v) is 5.27. The number of aliphatic hydroxyl groups excluding tert-OH is 1. The number of hydrogen-bond donors (Lipinski definition) is 1. The van der Waals surface area contributed by atoms with Crippen LogP contribution in [0.5, 0.6) is 0 Å². The lowest BCUT2D eigenvalue weighted by molar-refractivity contribution is -0.110. The molecule has 1 atom stereocenters. The largest absolute Gasteiger partial charge is 0.381 e. The maximum absolute atomic E-state index is 11.3. The molecular formula is C12H8BrNO2S2. The van der Waals surface area contributed by atoms with E-state index in [-0.39, 0.29) is 5.12 Å². The normalized spacial score (nSPS) is 15.8. The zero-order valence-electron chi connectivity index (χ0n) is 9.09. The molecule has 3 rings (SSSR count). The topological polar surface area (TPSA) is 50.2 Å². The summed E-state index contributed by atoms with van der Waals surface area (Å²) in [5.41, 5.74) is 1.82. The molecule has 0 amide bonds. The summed E-state index contributed by atoms with van der Waals surface area (Å²) in [6.07, 6.45) is -0.248. The van der Waals surface area contributed by atoms with Gasteiger partial charge in [0, 0.05) is 16.7 Å². The van der Waals surface area contributed by atoms with Crippen LogP contribution in [-0.4, -0.2) is 15.2 Å². The van der Waals surface area contributed by atoms with Gasteiger partial charge in [-0.05, 0) is 33.1 Å². The molecule has 92 valence electrons. The van der Waals surface area contributed by atoms with Crippen molar-refractivity contribution >= 4 is 44.1 Å². The van der Waals surface area contributed by atoms with Crippen molar-refractivity contribution in [2.45, 2.75) is 17.4 Å². The summed E-state index contributed by atoms with van der Waals surface area (Å²) in [6.45, 7) is 0. The second-order valence-electron chi connectivity index (χ2n) is 3.93. The van der Waals surface area contributed by atoms with Crippen molar-refractivity contribution in [3.05, 3.63) is 44.3 Å². The first kappa shape index (κ1) is 12.3. The molecule has 1 aromatic heterocycles. The molecule has 1 aromatic carbocycles. The van der Waals surface area contributed by atoms with Gasteiger partial charge in [0.05, 0.1) is 0 Å². The number of rotatable bonds is 2. The van der Waals surface area contributed by atoms with Crippen molar-refractivity contribution in [1.82, 2.24) is 4.98 Å². The number of benzene rings is 1. The molecule has 6 heteroatoms. The summed E-state index contributed by atoms with van der Waals surface area (Å²) in [5.74, 6) is 0. The number of thiazole rings is 1. The van der Waals surface area contributed by atoms with Gasteiger partial charge in [-0.1, -0.05) is 23.9 Å². The summed E-state index contributed by atoms with van der Waals surface area (Å²) in [7, 11) is 0. The second-order valence-corrected chi connectivity index (χ2v) is 6.73. The molecule has 1 aliphatic heterocycles. The first-order valence-electron chi connectivity index (χ1n) is 5.26. The highest BCUT2D eigenvalue weighted by Gasteiger charge is 2.22. The second kappa shape index (κ2) is 4.77. The van der Waals surface area contributed by atoms with Gasteiger partial charge in [0.2, 0.25) is 0 Å². The number of aliphatic hydroxyl groups is 1. The van der Waals surface area contributed by atoms with E-state index in [0.717, 1.165) is 20.6 Å². The summed E-state index contributed by atoms with van der Waals surface area (Å²) < 4.78 is 0.729. The molecule has 2 aromatic rings. The van der Waals surface area contributed by atoms with Crippen LogP contribution < -0.4 is 0 Å². The first-order valence-corrected chi connectivity index (χ1v) is 7.75. The smallest absolute Gasteiger partial charge is 0.198 e. The summed E-state index contributed by atoms with van der Waals surface area (Å²) in [6, 6.07) is 5.65. The molecular weight excluding hydrogens is 334 g/mol. The number of fused-ring (bicyclic) bond motifs is 1. The predicted octanol–water partition coefficient (Wildman–Crippen LogP) is 3.16. The van der Waals surface area contributed by atoms with E-state index in [1.165, 1.54) is 23.1 Å². The zero-order chi connectivity index (χ0) is 12.7. The Hall–Kier alpha value is -0.690. The Balaban J connectivity index is 1.94. The quantitative estimate of drug-likeness (QED) is 0.911. The molecule has 18 heavy (non-hydrogen) atoms. The van der Waals surface area contributed by atoms with E-state index < -0.39 is 6.10 Å². The SMILES string of the molecule is O=C1Cc2ccc(C(O)c3nc(Br)cs3)cc2S1. The maximum atomic E-state index is 11.3. The summed E-state index contributed by atoms with van der Waals surface area (Å²) >= 11 is 5.92. The highest BCUT2D eigenvalue weighted by Crippen LogP contribution is 2.36. The van der Waals surface area contributed by atoms with Gasteiger partial charge in [-0.15, -0.1) is 11.3 Å². The van der Waals surface area contributed by atoms with Crippen molar-refractivity contribution in [3.63, 3.8) is 0 Å². The molecule has 0 bridgehead atoms. The van der Waals surface area contributed by atoms with E-state index in [9.17, 15) is 9.90 Å². The van der Waals surface area contributed by atoms with Gasteiger partial charge in [-0.25, -0.2) is 4.98 Å². The van der Waals surface area contributed by atoms with Crippen LogP contribution in [0.1, 0.15) is 22.2 Å². The van der Waals surface area contributed by atoms with Gasteiger partial charge in [0.1, 0.15) is 15.7 Å². The summed E-state index contributed by atoms with van der Waals surface area (Å²) in [5, 5.41) is 12.9. The Morgan fingerprint density at radius 3 is 3.00 bits per heavy atom. The summed E-state index contributed by atoms with van der Waals surface area (Å²) in [4.78, 5) is 16.5. The van der Waals surface area contributed by atoms with Gasteiger partial charge in [-0.3, -0.25) is 4.79 Å². The number of aromatic nitrogens is 1. The van der Waals surface area contributed by atoms with E-state index in [4.69, 9.17) is 0 Å². The standard InChI is InChI=1S/C12H8BrNO2S2/c13-9-5-17-12(14-9)11(16)7-2-1-6-4-10(15)18-8(6)3-7/h1-3,5,11,16H,4H2. The third kappa shape index (κ3) is 2.25. The van der Waals surface area contributed by atoms with Crippen LogP contribution in [0.25, 0.3) is 0 Å². The van der Waals surface area contributed by atoms with Crippen molar-refractivity contribution in [1.29, 1.82) is 0 Å². The molecule has 3 nitrogen and oxygen atoms in total. The van der Waals surface area contributed by atoms with Gasteiger partial charge < -0.3 is 5.11 Å². The van der Waals surface area contributed by atoms with Crippen LogP contribution in [0.4, 0.5) is 0 Å². The average molecular weight is 342 g/mol. The molecule has 1 aliphatic rings. The third-order valence-electron chi connectivity index (χ3n) is 2.69. The zero-order valence-corrected chi connectivity index (χ0v) is 12.3. The van der Waals surface area contributed by atoms with Gasteiger partial charge in [0.15, 0.2) is 5.12 Å². The molecule has 1 unspecified atom stereocenters. The van der Waals surface area contributed by atoms with Crippen molar-refractivity contribution in [2.75, 3.05) is 0 Å². The Kier molecular flexibility index (Phi) is 3.27. The number of nitrogens with zero attached hydrogens (tertiary/aromatic N) is 1. The highest BCUT2D eigenvalue weighted by atomic mass is 79.9. The number of carbonyl (C=O) groups excluding carboxylic acids is 1. The molecule has 0 fully saturated rings. The first-order chi connectivity index (χ1) is 8.63. The Labute approximate surface area is 120 Å². The van der Waals surface area contributed by atoms with Crippen molar-refractivity contribution in [2.24, 2.45) is 0 Å². The number of halogens is 1. The monoisotopic (exact) mass is 341 g/mol. The van der Waals surface area contributed by atoms with E-state index in [1.807, 2.05) is 23.6 Å². The number of hydrogen-bond acceptors (Lipinski definition) is 5. The lowest BCUT2D eigenvalue weighted by atomic mass is 10.1. The molecule has 0 spiro atoms. The molecule has 1 N–H and O–H groups in total. The lowest BCUT2D eigenvalue weighted by Gasteiger charge is -2.09. The fraction of sp³-hybridized carbons (Fsp3) is 0.167. The molecule has 0 saturated heterocycles. The average Bonchev–Trinajstić information content (AvgIpc) is 2.92. The number of thioether (sulfide) groups is 1. The molecule has 0 aliphatic carbocycles. The predicted molar refractivity (Wildman–Crippen MR) is 74.9 cm³/mol. The van der Waals surface area contributed by atoms with Crippen LogP contribution in [0.2, 0.25) is 0 Å². The Morgan fingerprint density at radius 2 is 2.28 bits per heavy atom. The van der Waals surface area contributed by atoms with Crippen LogP contribution in [0.3, 0.4) is 0 Å². The minimum absolute atomic E-state index is 0.161. The van der Waals surface area contributed by atoms with E-state index in [0.29, 0.717) is 11.4 Å². The van der Waals surface area contributed by atoms with Crippen LogP contribution in [0.15, 0.2) is 33.1 Å². The molecule has 0 radical (unpaired) electrons. The minimum Gasteiger partial charge on any atom is -0.381 e. The van der Waals surface area contributed by atoms with Crippen molar-refractivity contribution < 1.29 is 9.90 Å². The lowest BCUT2D eigenvalue weighted by Crippen LogP contribution is -1.99. The fourth-order valence-electron chi connectivity index (χ4n) is 1.83. The number of carbonyl (C=O) groups is 1. The van der Waals surface area contributed by atoms with E-state index in [1.54, 1.807) is 0 Å². The van der Waals surface area contributed by atoms with Crippen LogP contribution >= 0.6 is 39.0 Å². The van der Waals surface area contributed by atoms with E-state index >= 15 is 0 Å².